The second kappa shape index (κ2) is 4.31. The topological polar surface area (TPSA) is 95.2 Å². The van der Waals surface area contributed by atoms with E-state index in [1.165, 1.54) is 6.07 Å². The van der Waals surface area contributed by atoms with E-state index in [1.54, 1.807) is 6.07 Å². The fraction of sp³-hybridized carbons (Fsp3) is 0.429. The summed E-state index contributed by atoms with van der Waals surface area (Å²) in [6, 6.07) is 2.98. The van der Waals surface area contributed by atoms with Gasteiger partial charge in [-0.3, -0.25) is 10.1 Å². The Labute approximate surface area is 79.5 Å². The van der Waals surface area contributed by atoms with Crippen LogP contribution in [0, 0.1) is 10.1 Å². The van der Waals surface area contributed by atoms with Crippen LogP contribution in [0.5, 0.6) is 0 Å². The molecule has 0 aliphatic carbocycles. The highest BCUT2D eigenvalue weighted by molar-refractivity contribution is 7.15. The first-order valence-corrected chi connectivity index (χ1v) is 4.66. The first kappa shape index (κ1) is 10.1. The minimum atomic E-state index is -0.413. The largest absolute Gasteiger partial charge is 0.330 e. The summed E-state index contributed by atoms with van der Waals surface area (Å²) in [4.78, 5) is 10.7. The Balaban J connectivity index is 2.73. The van der Waals surface area contributed by atoms with Gasteiger partial charge in [-0.25, -0.2) is 0 Å². The highest BCUT2D eigenvalue weighted by atomic mass is 32.1. The number of rotatable bonds is 4. The van der Waals surface area contributed by atoms with Crippen LogP contribution in [0.25, 0.3) is 0 Å². The Kier molecular flexibility index (Phi) is 3.35. The number of thiophene rings is 1. The molecule has 0 amide bonds. The molecule has 72 valence electrons. The van der Waals surface area contributed by atoms with Crippen LogP contribution in [0.15, 0.2) is 12.1 Å². The number of nitrogens with zero attached hydrogens (tertiary/aromatic N) is 1. The zero-order chi connectivity index (χ0) is 9.84. The molecule has 4 N–H and O–H groups in total. The van der Waals surface area contributed by atoms with E-state index in [0.29, 0.717) is 13.0 Å². The third kappa shape index (κ3) is 2.48. The fourth-order valence-electron chi connectivity index (χ4n) is 0.961. The van der Waals surface area contributed by atoms with E-state index in [1.807, 2.05) is 0 Å². The summed E-state index contributed by atoms with van der Waals surface area (Å²) in [6.45, 7) is 0.493. The van der Waals surface area contributed by atoms with Crippen molar-refractivity contribution in [3.8, 4) is 0 Å². The van der Waals surface area contributed by atoms with Crippen molar-refractivity contribution in [3.05, 3.63) is 27.1 Å². The van der Waals surface area contributed by atoms with Crippen molar-refractivity contribution in [3.63, 3.8) is 0 Å². The summed E-state index contributed by atoms with van der Waals surface area (Å²) in [5.41, 5.74) is 11.1. The Bertz CT molecular complexity index is 300. The maximum atomic E-state index is 10.3. The average Bonchev–Trinajstić information content (AvgIpc) is 2.52. The molecule has 0 aliphatic heterocycles. The zero-order valence-electron chi connectivity index (χ0n) is 6.97. The van der Waals surface area contributed by atoms with Gasteiger partial charge >= 0.3 is 5.00 Å². The minimum Gasteiger partial charge on any atom is -0.330 e. The van der Waals surface area contributed by atoms with Crippen molar-refractivity contribution < 1.29 is 4.92 Å². The molecule has 0 saturated heterocycles. The fourth-order valence-corrected chi connectivity index (χ4v) is 1.82. The van der Waals surface area contributed by atoms with Gasteiger partial charge in [-0.1, -0.05) is 11.3 Å². The van der Waals surface area contributed by atoms with Crippen LogP contribution in [0.2, 0.25) is 0 Å². The first-order valence-electron chi connectivity index (χ1n) is 3.85. The monoisotopic (exact) mass is 201 g/mol. The van der Waals surface area contributed by atoms with Gasteiger partial charge in [-0.15, -0.1) is 0 Å². The highest BCUT2D eigenvalue weighted by Gasteiger charge is 2.13. The standard InChI is InChI=1S/C7H11N3O2S/c8-4-3-5(9)6-1-2-7(13-6)10(11)12/h1-2,5H,3-4,8-9H2/t5-/m0/s1. The van der Waals surface area contributed by atoms with Gasteiger partial charge in [0.15, 0.2) is 0 Å². The van der Waals surface area contributed by atoms with Crippen LogP contribution in [0.1, 0.15) is 17.3 Å². The molecule has 0 bridgehead atoms. The summed E-state index contributed by atoms with van der Waals surface area (Å²) in [7, 11) is 0. The van der Waals surface area contributed by atoms with Crippen LogP contribution in [-0.2, 0) is 0 Å². The van der Waals surface area contributed by atoms with Gasteiger partial charge in [0.2, 0.25) is 0 Å². The van der Waals surface area contributed by atoms with Crippen molar-refractivity contribution in [2.45, 2.75) is 12.5 Å². The Hall–Kier alpha value is -0.980. The SMILES string of the molecule is NCC[C@H](N)c1ccc([N+](=O)[O-])s1. The Morgan fingerprint density at radius 3 is 2.77 bits per heavy atom. The van der Waals surface area contributed by atoms with E-state index in [4.69, 9.17) is 11.5 Å². The molecule has 0 unspecified atom stereocenters. The lowest BCUT2D eigenvalue weighted by atomic mass is 10.2. The van der Waals surface area contributed by atoms with Gasteiger partial charge in [0, 0.05) is 17.0 Å². The average molecular weight is 201 g/mol. The predicted molar refractivity (Wildman–Crippen MR) is 51.6 cm³/mol. The first-order chi connectivity index (χ1) is 6.15. The summed E-state index contributed by atoms with van der Waals surface area (Å²) in [6.07, 6.45) is 0.650. The van der Waals surface area contributed by atoms with Crippen molar-refractivity contribution in [2.24, 2.45) is 11.5 Å². The molecule has 0 aliphatic rings. The van der Waals surface area contributed by atoms with Crippen molar-refractivity contribution in [1.82, 2.24) is 0 Å². The Morgan fingerprint density at radius 2 is 2.31 bits per heavy atom. The minimum absolute atomic E-state index is 0.127. The molecule has 0 radical (unpaired) electrons. The summed E-state index contributed by atoms with van der Waals surface area (Å²) < 4.78 is 0. The normalized spacial score (nSPS) is 12.8. The maximum absolute atomic E-state index is 10.3. The van der Waals surface area contributed by atoms with E-state index >= 15 is 0 Å². The predicted octanol–water partition coefficient (Wildman–Crippen LogP) is 1.00. The quantitative estimate of drug-likeness (QED) is 0.561. The molecule has 1 aromatic heterocycles. The molecule has 13 heavy (non-hydrogen) atoms. The molecule has 0 saturated carbocycles. The molecule has 1 rings (SSSR count). The van der Waals surface area contributed by atoms with Crippen molar-refractivity contribution >= 4 is 16.3 Å². The van der Waals surface area contributed by atoms with E-state index in [-0.39, 0.29) is 11.0 Å². The molecular formula is C7H11N3O2S. The van der Waals surface area contributed by atoms with E-state index in [0.717, 1.165) is 16.2 Å². The number of nitrogens with two attached hydrogens (primary N) is 2. The van der Waals surface area contributed by atoms with Gasteiger partial charge in [0.05, 0.1) is 4.92 Å². The lowest BCUT2D eigenvalue weighted by molar-refractivity contribution is -0.380. The Morgan fingerprint density at radius 1 is 1.62 bits per heavy atom. The van der Waals surface area contributed by atoms with Gasteiger partial charge < -0.3 is 11.5 Å². The zero-order valence-corrected chi connectivity index (χ0v) is 7.79. The molecule has 6 heteroatoms. The third-order valence-corrected chi connectivity index (χ3v) is 2.80. The van der Waals surface area contributed by atoms with E-state index < -0.39 is 4.92 Å². The lowest BCUT2D eigenvalue weighted by Crippen LogP contribution is -2.13. The lowest BCUT2D eigenvalue weighted by Gasteiger charge is -2.05. The van der Waals surface area contributed by atoms with Crippen LogP contribution in [-0.4, -0.2) is 11.5 Å². The van der Waals surface area contributed by atoms with Crippen LogP contribution >= 0.6 is 11.3 Å². The van der Waals surface area contributed by atoms with Crippen LogP contribution in [0.4, 0.5) is 5.00 Å². The summed E-state index contributed by atoms with van der Waals surface area (Å²) in [5.74, 6) is 0. The van der Waals surface area contributed by atoms with Crippen LogP contribution < -0.4 is 11.5 Å². The number of hydrogen-bond acceptors (Lipinski definition) is 5. The number of nitro groups is 1. The van der Waals surface area contributed by atoms with E-state index in [9.17, 15) is 10.1 Å². The molecule has 0 spiro atoms. The second-order valence-corrected chi connectivity index (χ2v) is 3.71. The molecule has 1 aromatic rings. The molecule has 0 aromatic carbocycles. The molecule has 1 heterocycles. The second-order valence-electron chi connectivity index (χ2n) is 2.62. The van der Waals surface area contributed by atoms with Crippen molar-refractivity contribution in [1.29, 1.82) is 0 Å². The van der Waals surface area contributed by atoms with Gasteiger partial charge in [0.25, 0.3) is 0 Å². The maximum Gasteiger partial charge on any atom is 0.324 e. The summed E-state index contributed by atoms with van der Waals surface area (Å²) in [5, 5.41) is 10.5. The molecule has 0 fully saturated rings. The van der Waals surface area contributed by atoms with Gasteiger partial charge in [-0.05, 0) is 19.0 Å². The van der Waals surface area contributed by atoms with E-state index in [2.05, 4.69) is 0 Å². The third-order valence-electron chi connectivity index (χ3n) is 1.64. The van der Waals surface area contributed by atoms with Gasteiger partial charge in [-0.2, -0.15) is 0 Å². The van der Waals surface area contributed by atoms with Gasteiger partial charge in [0.1, 0.15) is 0 Å². The smallest absolute Gasteiger partial charge is 0.324 e. The summed E-state index contributed by atoms with van der Waals surface area (Å²) >= 11 is 1.11. The number of hydrogen-bond donors (Lipinski definition) is 2. The molecule has 1 atom stereocenters. The highest BCUT2D eigenvalue weighted by Crippen LogP contribution is 2.28. The molecular weight excluding hydrogens is 190 g/mol. The molecule has 5 nitrogen and oxygen atoms in total. The van der Waals surface area contributed by atoms with Crippen molar-refractivity contribution in [2.75, 3.05) is 6.54 Å². The van der Waals surface area contributed by atoms with Crippen LogP contribution in [0.3, 0.4) is 0 Å².